The molecule has 2 aliphatic rings. The van der Waals surface area contributed by atoms with Crippen molar-refractivity contribution in [2.24, 2.45) is 5.92 Å². The molecule has 1 fully saturated rings. The highest BCUT2D eigenvalue weighted by Crippen LogP contribution is 2.31. The predicted octanol–water partition coefficient (Wildman–Crippen LogP) is 4.78. The van der Waals surface area contributed by atoms with Gasteiger partial charge in [0.05, 0.1) is 7.11 Å². The molecule has 2 atom stereocenters. The summed E-state index contributed by atoms with van der Waals surface area (Å²) < 4.78 is 5.11. The molecule has 1 aromatic carbocycles. The molecule has 2 aromatic rings. The standard InChI is InChI=1S/C26H35N3O2/c1-31-26(30)24(21-10-5-3-6-11-21)29-18-16-20(19-29)9-4-2-7-13-23-15-14-22-12-8-17-27-25(22)28-23/h3,5-6,10-11,14-15,20,24H,2,4,7-9,12-13,16-19H2,1H3,(H,27,28). The molecule has 2 aliphatic heterocycles. The van der Waals surface area contributed by atoms with Crippen molar-refractivity contribution in [1.82, 2.24) is 9.88 Å². The van der Waals surface area contributed by atoms with E-state index in [2.05, 4.69) is 22.3 Å². The zero-order valence-electron chi connectivity index (χ0n) is 18.7. The first-order valence-corrected chi connectivity index (χ1v) is 11.8. The second kappa shape index (κ2) is 10.8. The number of hydrogen-bond donors (Lipinski definition) is 1. The molecule has 4 rings (SSSR count). The molecule has 166 valence electrons. The minimum Gasteiger partial charge on any atom is -0.468 e. The van der Waals surface area contributed by atoms with Gasteiger partial charge in [0.2, 0.25) is 0 Å². The molecule has 0 aliphatic carbocycles. The molecule has 0 saturated carbocycles. The van der Waals surface area contributed by atoms with Crippen LogP contribution in [0.1, 0.15) is 61.4 Å². The molecule has 0 amide bonds. The average Bonchev–Trinajstić information content (AvgIpc) is 3.27. The Balaban J connectivity index is 1.20. The van der Waals surface area contributed by atoms with Crippen LogP contribution in [0.25, 0.3) is 0 Å². The molecule has 1 N–H and O–H groups in total. The van der Waals surface area contributed by atoms with E-state index in [0.29, 0.717) is 5.92 Å². The Hall–Kier alpha value is -2.40. The Labute approximate surface area is 186 Å². The van der Waals surface area contributed by atoms with Crippen LogP contribution in [-0.2, 0) is 22.4 Å². The molecule has 3 heterocycles. The van der Waals surface area contributed by atoms with Crippen LogP contribution in [0.4, 0.5) is 5.82 Å². The number of carbonyl (C=O) groups is 1. The molecule has 31 heavy (non-hydrogen) atoms. The lowest BCUT2D eigenvalue weighted by atomic mass is 9.99. The fourth-order valence-corrected chi connectivity index (χ4v) is 5.00. The van der Waals surface area contributed by atoms with Gasteiger partial charge in [-0.2, -0.15) is 0 Å². The van der Waals surface area contributed by atoms with Gasteiger partial charge in [-0.1, -0.05) is 49.2 Å². The first kappa shape index (κ1) is 21.8. The third-order valence-corrected chi connectivity index (χ3v) is 6.72. The smallest absolute Gasteiger partial charge is 0.327 e. The van der Waals surface area contributed by atoms with E-state index in [0.717, 1.165) is 43.9 Å². The zero-order valence-corrected chi connectivity index (χ0v) is 18.7. The van der Waals surface area contributed by atoms with Crippen molar-refractivity contribution in [2.45, 2.75) is 57.4 Å². The Morgan fingerprint density at radius 1 is 1.19 bits per heavy atom. The maximum atomic E-state index is 12.5. The number of rotatable bonds is 9. The number of aromatic nitrogens is 1. The Morgan fingerprint density at radius 3 is 2.90 bits per heavy atom. The summed E-state index contributed by atoms with van der Waals surface area (Å²) in [4.78, 5) is 19.6. The van der Waals surface area contributed by atoms with E-state index in [9.17, 15) is 4.79 Å². The second-order valence-electron chi connectivity index (χ2n) is 8.93. The lowest BCUT2D eigenvalue weighted by molar-refractivity contribution is -0.147. The topological polar surface area (TPSA) is 54.5 Å². The van der Waals surface area contributed by atoms with Crippen LogP contribution >= 0.6 is 0 Å². The normalized spacial score (nSPS) is 19.5. The van der Waals surface area contributed by atoms with Crippen LogP contribution in [-0.4, -0.2) is 42.6 Å². The van der Waals surface area contributed by atoms with Crippen molar-refractivity contribution in [3.8, 4) is 0 Å². The fraction of sp³-hybridized carbons (Fsp3) is 0.538. The summed E-state index contributed by atoms with van der Waals surface area (Å²) in [7, 11) is 1.49. The molecule has 0 bridgehead atoms. The van der Waals surface area contributed by atoms with Crippen LogP contribution in [0.15, 0.2) is 42.5 Å². The van der Waals surface area contributed by atoms with Crippen molar-refractivity contribution in [3.63, 3.8) is 0 Å². The van der Waals surface area contributed by atoms with E-state index in [-0.39, 0.29) is 12.0 Å². The monoisotopic (exact) mass is 421 g/mol. The average molecular weight is 422 g/mol. The first-order valence-electron chi connectivity index (χ1n) is 11.8. The van der Waals surface area contributed by atoms with Crippen molar-refractivity contribution in [1.29, 1.82) is 0 Å². The number of fused-ring (bicyclic) bond motifs is 1. The van der Waals surface area contributed by atoms with Crippen LogP contribution in [0.3, 0.4) is 0 Å². The number of likely N-dealkylation sites (tertiary alicyclic amines) is 1. The summed E-state index contributed by atoms with van der Waals surface area (Å²) in [6, 6.07) is 14.2. The Morgan fingerprint density at radius 2 is 2.06 bits per heavy atom. The highest BCUT2D eigenvalue weighted by atomic mass is 16.5. The second-order valence-corrected chi connectivity index (χ2v) is 8.93. The number of aryl methyl sites for hydroxylation is 2. The number of ether oxygens (including phenoxy) is 1. The summed E-state index contributed by atoms with van der Waals surface area (Å²) >= 11 is 0. The number of nitrogens with one attached hydrogen (secondary N) is 1. The number of carbonyl (C=O) groups excluding carboxylic acids is 1. The maximum Gasteiger partial charge on any atom is 0.327 e. The fourth-order valence-electron chi connectivity index (χ4n) is 5.00. The van der Waals surface area contributed by atoms with Crippen LogP contribution in [0.5, 0.6) is 0 Å². The number of benzene rings is 1. The van der Waals surface area contributed by atoms with Crippen LogP contribution in [0.2, 0.25) is 0 Å². The van der Waals surface area contributed by atoms with Crippen molar-refractivity contribution in [3.05, 3.63) is 59.3 Å². The van der Waals surface area contributed by atoms with Crippen molar-refractivity contribution < 1.29 is 9.53 Å². The highest BCUT2D eigenvalue weighted by Gasteiger charge is 2.33. The minimum atomic E-state index is -0.278. The SMILES string of the molecule is COC(=O)C(c1ccccc1)N1CCC(CCCCCc2ccc3c(n2)NCCC3)C1. The van der Waals surface area contributed by atoms with Crippen molar-refractivity contribution >= 4 is 11.8 Å². The van der Waals surface area contributed by atoms with Crippen LogP contribution in [0, 0.1) is 5.92 Å². The third kappa shape index (κ3) is 5.65. The molecule has 1 saturated heterocycles. The third-order valence-electron chi connectivity index (χ3n) is 6.72. The van der Waals surface area contributed by atoms with Gasteiger partial charge in [-0.15, -0.1) is 0 Å². The van der Waals surface area contributed by atoms with E-state index in [1.54, 1.807) is 0 Å². The number of esters is 1. The van der Waals surface area contributed by atoms with E-state index < -0.39 is 0 Å². The summed E-state index contributed by atoms with van der Waals surface area (Å²) in [6.07, 6.45) is 9.49. The molecular weight excluding hydrogens is 386 g/mol. The summed E-state index contributed by atoms with van der Waals surface area (Å²) in [5, 5.41) is 3.43. The molecule has 0 radical (unpaired) electrons. The van der Waals surface area contributed by atoms with E-state index in [1.807, 2.05) is 30.3 Å². The summed E-state index contributed by atoms with van der Waals surface area (Å²) in [6.45, 7) is 2.99. The molecule has 5 heteroatoms. The molecule has 0 spiro atoms. The number of methoxy groups -OCH3 is 1. The zero-order chi connectivity index (χ0) is 21.5. The molecule has 2 unspecified atom stereocenters. The van der Waals surface area contributed by atoms with Gasteiger partial charge in [-0.25, -0.2) is 9.78 Å². The van der Waals surface area contributed by atoms with Gasteiger partial charge in [0.25, 0.3) is 0 Å². The van der Waals surface area contributed by atoms with Gasteiger partial charge >= 0.3 is 5.97 Å². The van der Waals surface area contributed by atoms with Gasteiger partial charge in [0.1, 0.15) is 11.9 Å². The van der Waals surface area contributed by atoms with Crippen LogP contribution < -0.4 is 5.32 Å². The number of unbranched alkanes of at least 4 members (excludes halogenated alkanes) is 2. The summed E-state index contributed by atoms with van der Waals surface area (Å²) in [5.74, 6) is 1.62. The number of hydrogen-bond acceptors (Lipinski definition) is 5. The highest BCUT2D eigenvalue weighted by molar-refractivity contribution is 5.77. The number of pyridine rings is 1. The summed E-state index contributed by atoms with van der Waals surface area (Å²) in [5.41, 5.74) is 3.60. The molecular formula is C26H35N3O2. The van der Waals surface area contributed by atoms with E-state index >= 15 is 0 Å². The first-order chi connectivity index (χ1) is 15.2. The van der Waals surface area contributed by atoms with Gasteiger partial charge in [-0.05, 0) is 68.2 Å². The number of nitrogens with zero attached hydrogens (tertiary/aromatic N) is 2. The Kier molecular flexibility index (Phi) is 7.57. The van der Waals surface area contributed by atoms with E-state index in [1.165, 1.54) is 56.9 Å². The lowest BCUT2D eigenvalue weighted by Crippen LogP contribution is -2.33. The Bertz CT molecular complexity index is 855. The molecule has 5 nitrogen and oxygen atoms in total. The van der Waals surface area contributed by atoms with Gasteiger partial charge in [-0.3, -0.25) is 4.90 Å². The van der Waals surface area contributed by atoms with Gasteiger partial charge in [0, 0.05) is 18.8 Å². The maximum absolute atomic E-state index is 12.5. The minimum absolute atomic E-state index is 0.154. The number of anilines is 1. The van der Waals surface area contributed by atoms with Gasteiger partial charge in [0.15, 0.2) is 0 Å². The largest absolute Gasteiger partial charge is 0.468 e. The van der Waals surface area contributed by atoms with Gasteiger partial charge < -0.3 is 10.1 Å². The van der Waals surface area contributed by atoms with E-state index in [4.69, 9.17) is 9.72 Å². The predicted molar refractivity (Wildman–Crippen MR) is 124 cm³/mol. The van der Waals surface area contributed by atoms with Crippen molar-refractivity contribution in [2.75, 3.05) is 32.1 Å². The lowest BCUT2D eigenvalue weighted by Gasteiger charge is -2.26. The molecule has 1 aromatic heterocycles. The quantitative estimate of drug-likeness (QED) is 0.466.